The molecule has 2 nitrogen and oxygen atoms in total. The van der Waals surface area contributed by atoms with Gasteiger partial charge in [-0.1, -0.05) is 31.2 Å². The second kappa shape index (κ2) is 5.97. The van der Waals surface area contributed by atoms with Crippen LogP contribution < -0.4 is 5.43 Å². The van der Waals surface area contributed by atoms with Gasteiger partial charge in [0.1, 0.15) is 0 Å². The third kappa shape index (κ3) is 3.90. The topological polar surface area (TPSA) is 24.4 Å². The minimum Gasteiger partial charge on any atom is -0.279 e. The third-order valence-corrected chi connectivity index (χ3v) is 1.76. The molecule has 0 aromatic heterocycles. The third-order valence-electron chi connectivity index (χ3n) is 1.76. The summed E-state index contributed by atoms with van der Waals surface area (Å²) in [4.78, 5) is 0. The highest BCUT2D eigenvalue weighted by Crippen LogP contribution is 2.04. The van der Waals surface area contributed by atoms with Crippen molar-refractivity contribution in [1.82, 2.24) is 0 Å². The molecule has 0 aliphatic rings. The molecule has 0 radical (unpaired) electrons. The molecule has 0 spiro atoms. The SMILES string of the molecule is CCC=C(C)C=NNc1ccccc1. The van der Waals surface area contributed by atoms with Crippen LogP contribution in [0.5, 0.6) is 0 Å². The molecule has 2 heteroatoms. The Hall–Kier alpha value is -1.57. The number of hydrazone groups is 1. The molecule has 0 aliphatic heterocycles. The van der Waals surface area contributed by atoms with Crippen LogP contribution in [0.3, 0.4) is 0 Å². The maximum Gasteiger partial charge on any atom is 0.0561 e. The smallest absolute Gasteiger partial charge is 0.0561 e. The molecule has 1 aromatic rings. The van der Waals surface area contributed by atoms with Gasteiger partial charge in [-0.3, -0.25) is 5.43 Å². The van der Waals surface area contributed by atoms with E-state index < -0.39 is 0 Å². The summed E-state index contributed by atoms with van der Waals surface area (Å²) in [7, 11) is 0. The van der Waals surface area contributed by atoms with Crippen molar-refractivity contribution in [1.29, 1.82) is 0 Å². The van der Waals surface area contributed by atoms with Crippen molar-refractivity contribution in [2.75, 3.05) is 5.43 Å². The number of allylic oxidation sites excluding steroid dienone is 2. The number of nitrogens with zero attached hydrogens (tertiary/aromatic N) is 1. The lowest BCUT2D eigenvalue weighted by Crippen LogP contribution is -1.89. The molecule has 0 saturated carbocycles. The van der Waals surface area contributed by atoms with Crippen molar-refractivity contribution in [3.8, 4) is 0 Å². The van der Waals surface area contributed by atoms with Gasteiger partial charge in [0.25, 0.3) is 0 Å². The molecule has 1 aromatic carbocycles. The fourth-order valence-corrected chi connectivity index (χ4v) is 1.10. The standard InChI is InChI=1S/C12H16N2/c1-3-7-11(2)10-13-14-12-8-5-4-6-9-12/h4-10,14H,3H2,1-2H3. The first-order valence-corrected chi connectivity index (χ1v) is 4.84. The Bertz CT molecular complexity index is 312. The number of anilines is 1. The highest BCUT2D eigenvalue weighted by molar-refractivity contribution is 5.78. The first-order chi connectivity index (χ1) is 6.83. The van der Waals surface area contributed by atoms with Gasteiger partial charge in [0.2, 0.25) is 0 Å². The van der Waals surface area contributed by atoms with E-state index in [0.29, 0.717) is 0 Å². The average Bonchev–Trinajstić information content (AvgIpc) is 2.20. The molecular weight excluding hydrogens is 172 g/mol. The first-order valence-electron chi connectivity index (χ1n) is 4.84. The van der Waals surface area contributed by atoms with Crippen LogP contribution in [0.1, 0.15) is 20.3 Å². The Labute approximate surface area is 85.3 Å². The molecular formula is C12H16N2. The lowest BCUT2D eigenvalue weighted by Gasteiger charge is -1.97. The summed E-state index contributed by atoms with van der Waals surface area (Å²) in [6.07, 6.45) is 5.01. The van der Waals surface area contributed by atoms with E-state index in [4.69, 9.17) is 0 Å². The molecule has 74 valence electrons. The summed E-state index contributed by atoms with van der Waals surface area (Å²) in [6.45, 7) is 4.15. The first kappa shape index (κ1) is 10.5. The lowest BCUT2D eigenvalue weighted by molar-refractivity contribution is 1.20. The van der Waals surface area contributed by atoms with E-state index in [-0.39, 0.29) is 0 Å². The average molecular weight is 188 g/mol. The van der Waals surface area contributed by atoms with E-state index in [1.165, 1.54) is 5.57 Å². The number of benzene rings is 1. The number of hydrogen-bond donors (Lipinski definition) is 1. The summed E-state index contributed by atoms with van der Waals surface area (Å²) in [5.74, 6) is 0. The van der Waals surface area contributed by atoms with E-state index in [2.05, 4.69) is 23.5 Å². The Kier molecular flexibility index (Phi) is 4.48. The highest BCUT2D eigenvalue weighted by atomic mass is 15.3. The summed E-state index contributed by atoms with van der Waals surface area (Å²) in [6, 6.07) is 9.91. The number of hydrogen-bond acceptors (Lipinski definition) is 2. The molecule has 0 unspecified atom stereocenters. The van der Waals surface area contributed by atoms with Gasteiger partial charge in [-0.25, -0.2) is 0 Å². The van der Waals surface area contributed by atoms with Gasteiger partial charge < -0.3 is 0 Å². The van der Waals surface area contributed by atoms with Crippen molar-refractivity contribution in [3.05, 3.63) is 42.0 Å². The molecule has 0 amide bonds. The fourth-order valence-electron chi connectivity index (χ4n) is 1.10. The Balaban J connectivity index is 2.45. The highest BCUT2D eigenvalue weighted by Gasteiger charge is 1.84. The van der Waals surface area contributed by atoms with Crippen LogP contribution in [0.4, 0.5) is 5.69 Å². The fraction of sp³-hybridized carbons (Fsp3) is 0.250. The largest absolute Gasteiger partial charge is 0.279 e. The zero-order valence-electron chi connectivity index (χ0n) is 8.70. The number of para-hydroxylation sites is 1. The van der Waals surface area contributed by atoms with Crippen LogP contribution in [0, 0.1) is 0 Å². The summed E-state index contributed by atoms with van der Waals surface area (Å²) >= 11 is 0. The van der Waals surface area contributed by atoms with E-state index in [9.17, 15) is 0 Å². The zero-order chi connectivity index (χ0) is 10.2. The quantitative estimate of drug-likeness (QED) is 0.568. The van der Waals surface area contributed by atoms with Gasteiger partial charge in [0.05, 0.1) is 5.69 Å². The van der Waals surface area contributed by atoms with Crippen LogP contribution in [-0.4, -0.2) is 6.21 Å². The maximum atomic E-state index is 4.12. The molecule has 0 atom stereocenters. The molecule has 0 fully saturated rings. The van der Waals surface area contributed by atoms with E-state index >= 15 is 0 Å². The van der Waals surface area contributed by atoms with Crippen LogP contribution >= 0.6 is 0 Å². The molecule has 1 N–H and O–H groups in total. The summed E-state index contributed by atoms with van der Waals surface area (Å²) in [5.41, 5.74) is 5.15. The number of rotatable bonds is 4. The van der Waals surface area contributed by atoms with Gasteiger partial charge in [-0.2, -0.15) is 5.10 Å². The zero-order valence-corrected chi connectivity index (χ0v) is 8.70. The normalized spacial score (nSPS) is 12.0. The predicted molar refractivity (Wildman–Crippen MR) is 62.6 cm³/mol. The summed E-state index contributed by atoms with van der Waals surface area (Å²) < 4.78 is 0. The maximum absolute atomic E-state index is 4.12. The van der Waals surface area contributed by atoms with Crippen molar-refractivity contribution in [2.45, 2.75) is 20.3 Å². The molecule has 0 bridgehead atoms. The van der Waals surface area contributed by atoms with Gasteiger partial charge in [0, 0.05) is 6.21 Å². The minimum absolute atomic E-state index is 1.01. The van der Waals surface area contributed by atoms with Crippen molar-refractivity contribution >= 4 is 11.9 Å². The van der Waals surface area contributed by atoms with Crippen molar-refractivity contribution < 1.29 is 0 Å². The van der Waals surface area contributed by atoms with E-state index in [0.717, 1.165) is 12.1 Å². The van der Waals surface area contributed by atoms with Gasteiger partial charge in [0.15, 0.2) is 0 Å². The van der Waals surface area contributed by atoms with Crippen molar-refractivity contribution in [3.63, 3.8) is 0 Å². The Morgan fingerprint density at radius 1 is 1.36 bits per heavy atom. The van der Waals surface area contributed by atoms with Crippen LogP contribution in [0.2, 0.25) is 0 Å². The van der Waals surface area contributed by atoms with Crippen LogP contribution in [0.15, 0.2) is 47.1 Å². The van der Waals surface area contributed by atoms with E-state index in [1.54, 1.807) is 0 Å². The van der Waals surface area contributed by atoms with Crippen molar-refractivity contribution in [2.24, 2.45) is 5.10 Å². The Morgan fingerprint density at radius 2 is 2.07 bits per heavy atom. The van der Waals surface area contributed by atoms with Crippen LogP contribution in [-0.2, 0) is 0 Å². The van der Waals surface area contributed by atoms with E-state index in [1.807, 2.05) is 43.5 Å². The van der Waals surface area contributed by atoms with Gasteiger partial charge >= 0.3 is 0 Å². The second-order valence-corrected chi connectivity index (χ2v) is 3.09. The van der Waals surface area contributed by atoms with Gasteiger partial charge in [-0.05, 0) is 31.1 Å². The second-order valence-electron chi connectivity index (χ2n) is 3.09. The van der Waals surface area contributed by atoms with Gasteiger partial charge in [-0.15, -0.1) is 0 Å². The Morgan fingerprint density at radius 3 is 2.71 bits per heavy atom. The molecule has 0 saturated heterocycles. The molecule has 0 aliphatic carbocycles. The molecule has 14 heavy (non-hydrogen) atoms. The lowest BCUT2D eigenvalue weighted by atomic mass is 10.3. The van der Waals surface area contributed by atoms with Crippen LogP contribution in [0.25, 0.3) is 0 Å². The predicted octanol–water partition coefficient (Wildman–Crippen LogP) is 3.44. The summed E-state index contributed by atoms with van der Waals surface area (Å²) in [5, 5.41) is 4.12. The molecule has 0 heterocycles. The number of nitrogens with one attached hydrogen (secondary N) is 1. The monoisotopic (exact) mass is 188 g/mol. The minimum atomic E-state index is 1.01. The molecule has 1 rings (SSSR count).